The summed E-state index contributed by atoms with van der Waals surface area (Å²) < 4.78 is 0. The second kappa shape index (κ2) is 4.29. The van der Waals surface area contributed by atoms with Gasteiger partial charge in [0.05, 0.1) is 0 Å². The lowest BCUT2D eigenvalue weighted by atomic mass is 9.78. The second-order valence-corrected chi connectivity index (χ2v) is 6.41. The van der Waals surface area contributed by atoms with Crippen molar-refractivity contribution >= 4 is 12.6 Å². The summed E-state index contributed by atoms with van der Waals surface area (Å²) in [5.41, 5.74) is 1.25. The van der Waals surface area contributed by atoms with E-state index in [1.165, 1.54) is 51.7 Å². The molecule has 0 atom stereocenters. The van der Waals surface area contributed by atoms with E-state index in [2.05, 4.69) is 31.4 Å². The Labute approximate surface area is 100 Å². The van der Waals surface area contributed by atoms with E-state index in [-0.39, 0.29) is 0 Å². The van der Waals surface area contributed by atoms with E-state index in [1.54, 1.807) is 0 Å². The maximum absolute atomic E-state index is 4.49. The summed E-state index contributed by atoms with van der Waals surface area (Å²) in [6.45, 7) is 8.75. The van der Waals surface area contributed by atoms with Crippen LogP contribution in [0, 0.1) is 10.8 Å². The Morgan fingerprint density at radius 3 is 2.13 bits per heavy atom. The first-order valence-corrected chi connectivity index (χ1v) is 7.08. The number of nitrogens with zero attached hydrogens (tertiary/aromatic N) is 1. The summed E-state index contributed by atoms with van der Waals surface area (Å²) in [5, 5.41) is 0. The lowest BCUT2D eigenvalue weighted by Gasteiger charge is -2.40. The van der Waals surface area contributed by atoms with E-state index in [9.17, 15) is 0 Å². The Kier molecular flexibility index (Phi) is 3.37. The Hall–Kier alpha value is 0.310. The lowest BCUT2D eigenvalue weighted by molar-refractivity contribution is 0.101. The first kappa shape index (κ1) is 11.8. The zero-order valence-electron chi connectivity index (χ0n) is 10.3. The summed E-state index contributed by atoms with van der Waals surface area (Å²) in [7, 11) is 0. The van der Waals surface area contributed by atoms with Crippen LogP contribution in [0.3, 0.4) is 0 Å². The molecule has 0 unspecified atom stereocenters. The minimum Gasteiger partial charge on any atom is -0.303 e. The molecule has 15 heavy (non-hydrogen) atoms. The van der Waals surface area contributed by atoms with Gasteiger partial charge in [-0.05, 0) is 55.4 Å². The van der Waals surface area contributed by atoms with Crippen LogP contribution in [0.1, 0.15) is 46.0 Å². The number of hydrogen-bond acceptors (Lipinski definition) is 2. The molecule has 0 bridgehead atoms. The van der Waals surface area contributed by atoms with Gasteiger partial charge in [0.1, 0.15) is 0 Å². The Bertz CT molecular complexity index is 215. The van der Waals surface area contributed by atoms with E-state index in [4.69, 9.17) is 0 Å². The van der Waals surface area contributed by atoms with Crippen molar-refractivity contribution in [1.82, 2.24) is 4.90 Å². The lowest BCUT2D eigenvalue weighted by Crippen LogP contribution is -2.41. The third kappa shape index (κ3) is 2.71. The number of thiol groups is 1. The molecule has 0 aromatic heterocycles. The first-order chi connectivity index (χ1) is 7.11. The Morgan fingerprint density at radius 2 is 1.73 bits per heavy atom. The van der Waals surface area contributed by atoms with E-state index in [1.807, 2.05) is 0 Å². The van der Waals surface area contributed by atoms with Crippen LogP contribution in [-0.4, -0.2) is 30.3 Å². The van der Waals surface area contributed by atoms with Crippen molar-refractivity contribution in [2.75, 3.05) is 25.4 Å². The van der Waals surface area contributed by atoms with Gasteiger partial charge in [-0.2, -0.15) is 12.6 Å². The highest BCUT2D eigenvalue weighted by Crippen LogP contribution is 2.48. The molecule has 1 aliphatic carbocycles. The first-order valence-electron chi connectivity index (χ1n) is 6.45. The van der Waals surface area contributed by atoms with E-state index < -0.39 is 0 Å². The zero-order valence-corrected chi connectivity index (χ0v) is 11.2. The van der Waals surface area contributed by atoms with Gasteiger partial charge in [-0.3, -0.25) is 0 Å². The number of hydrogen-bond donors (Lipinski definition) is 1. The molecule has 1 saturated carbocycles. The molecule has 0 aromatic rings. The van der Waals surface area contributed by atoms with Gasteiger partial charge in [0.15, 0.2) is 0 Å². The van der Waals surface area contributed by atoms with Gasteiger partial charge in [-0.15, -0.1) is 0 Å². The highest BCUT2D eigenvalue weighted by Gasteiger charge is 2.43. The molecule has 2 rings (SSSR count). The molecule has 1 heterocycles. The average Bonchev–Trinajstić information content (AvgIpc) is 3.03. The molecule has 2 fully saturated rings. The molecular weight excluding hydrogens is 202 g/mol. The van der Waals surface area contributed by atoms with Crippen LogP contribution in [0.2, 0.25) is 0 Å². The predicted octanol–water partition coefficient (Wildman–Crippen LogP) is 3.21. The van der Waals surface area contributed by atoms with Crippen molar-refractivity contribution in [2.45, 2.75) is 46.0 Å². The molecule has 2 heteroatoms. The van der Waals surface area contributed by atoms with E-state index in [0.29, 0.717) is 10.8 Å². The number of rotatable bonds is 4. The molecule has 0 radical (unpaired) electrons. The van der Waals surface area contributed by atoms with Crippen LogP contribution in [-0.2, 0) is 0 Å². The molecular formula is C13H25NS. The molecule has 0 spiro atoms. The monoisotopic (exact) mass is 227 g/mol. The van der Waals surface area contributed by atoms with Crippen LogP contribution >= 0.6 is 12.6 Å². The molecule has 1 saturated heterocycles. The summed E-state index contributed by atoms with van der Waals surface area (Å²) in [4.78, 5) is 2.68. The summed E-state index contributed by atoms with van der Waals surface area (Å²) in [5.74, 6) is 1.09. The second-order valence-electron chi connectivity index (χ2n) is 6.10. The Balaban J connectivity index is 1.79. The van der Waals surface area contributed by atoms with Crippen LogP contribution in [0.4, 0.5) is 0 Å². The molecule has 2 aliphatic rings. The van der Waals surface area contributed by atoms with Crippen molar-refractivity contribution in [2.24, 2.45) is 10.8 Å². The molecule has 88 valence electrons. The fraction of sp³-hybridized carbons (Fsp3) is 1.00. The van der Waals surface area contributed by atoms with Crippen molar-refractivity contribution in [3.05, 3.63) is 0 Å². The normalized spacial score (nSPS) is 29.0. The van der Waals surface area contributed by atoms with Crippen molar-refractivity contribution < 1.29 is 0 Å². The SMILES string of the molecule is CCC1(C)CCN(CC2(CS)CC2)CC1. The molecule has 1 aliphatic heterocycles. The number of piperidine rings is 1. The highest BCUT2D eigenvalue weighted by atomic mass is 32.1. The van der Waals surface area contributed by atoms with Crippen molar-refractivity contribution in [3.63, 3.8) is 0 Å². The van der Waals surface area contributed by atoms with Gasteiger partial charge in [0.25, 0.3) is 0 Å². The van der Waals surface area contributed by atoms with E-state index in [0.717, 1.165) is 5.75 Å². The highest BCUT2D eigenvalue weighted by molar-refractivity contribution is 7.80. The Morgan fingerprint density at radius 1 is 1.13 bits per heavy atom. The molecule has 0 N–H and O–H groups in total. The summed E-state index contributed by atoms with van der Waals surface area (Å²) in [6, 6.07) is 0. The maximum Gasteiger partial charge on any atom is 0.00458 e. The van der Waals surface area contributed by atoms with Crippen LogP contribution in [0.5, 0.6) is 0 Å². The summed E-state index contributed by atoms with van der Waals surface area (Å²) >= 11 is 4.49. The van der Waals surface area contributed by atoms with Gasteiger partial charge in [0.2, 0.25) is 0 Å². The van der Waals surface area contributed by atoms with Crippen LogP contribution in [0.15, 0.2) is 0 Å². The third-order valence-corrected chi connectivity index (χ3v) is 5.44. The third-order valence-electron chi connectivity index (χ3n) is 4.77. The van der Waals surface area contributed by atoms with Crippen LogP contribution in [0.25, 0.3) is 0 Å². The average molecular weight is 227 g/mol. The topological polar surface area (TPSA) is 3.24 Å². The molecule has 1 nitrogen and oxygen atoms in total. The fourth-order valence-electron chi connectivity index (χ4n) is 2.62. The minimum atomic E-state index is 0.614. The van der Waals surface area contributed by atoms with Gasteiger partial charge in [-0.25, -0.2) is 0 Å². The summed E-state index contributed by atoms with van der Waals surface area (Å²) in [6.07, 6.45) is 6.97. The largest absolute Gasteiger partial charge is 0.303 e. The van der Waals surface area contributed by atoms with Crippen molar-refractivity contribution in [1.29, 1.82) is 0 Å². The standard InChI is InChI=1S/C13H25NS/c1-3-12(2)6-8-14(9-7-12)10-13(11-15)4-5-13/h15H,3-11H2,1-2H3. The number of likely N-dealkylation sites (tertiary alicyclic amines) is 1. The predicted molar refractivity (Wildman–Crippen MR) is 69.6 cm³/mol. The van der Waals surface area contributed by atoms with Crippen molar-refractivity contribution in [3.8, 4) is 0 Å². The zero-order chi connectivity index (χ0) is 10.9. The fourth-order valence-corrected chi connectivity index (χ4v) is 3.04. The van der Waals surface area contributed by atoms with Gasteiger partial charge >= 0.3 is 0 Å². The van der Waals surface area contributed by atoms with Gasteiger partial charge < -0.3 is 4.90 Å². The molecule has 0 amide bonds. The van der Waals surface area contributed by atoms with Gasteiger partial charge in [0, 0.05) is 6.54 Å². The maximum atomic E-state index is 4.49. The van der Waals surface area contributed by atoms with Gasteiger partial charge in [-0.1, -0.05) is 20.3 Å². The minimum absolute atomic E-state index is 0.614. The molecule has 0 aromatic carbocycles. The van der Waals surface area contributed by atoms with Crippen LogP contribution < -0.4 is 0 Å². The quantitative estimate of drug-likeness (QED) is 0.722. The smallest absolute Gasteiger partial charge is 0.00458 e. The van der Waals surface area contributed by atoms with E-state index >= 15 is 0 Å².